The summed E-state index contributed by atoms with van der Waals surface area (Å²) in [5, 5.41) is 0.462. The highest BCUT2D eigenvalue weighted by Crippen LogP contribution is 2.39. The highest BCUT2D eigenvalue weighted by atomic mass is 35.5. The van der Waals surface area contributed by atoms with Gasteiger partial charge < -0.3 is 23.7 Å². The van der Waals surface area contributed by atoms with Gasteiger partial charge in [0.2, 0.25) is 0 Å². The highest BCUT2D eigenvalue weighted by Gasteiger charge is 2.52. The lowest BCUT2D eigenvalue weighted by atomic mass is 9.89. The number of halogens is 1. The molecule has 0 amide bonds. The lowest BCUT2D eigenvalue weighted by molar-refractivity contribution is -0.254. The van der Waals surface area contributed by atoms with Gasteiger partial charge in [-0.2, -0.15) is 0 Å². The molecule has 39 heavy (non-hydrogen) atoms. The number of carbonyl (C=O) groups is 5. The summed E-state index contributed by atoms with van der Waals surface area (Å²) in [6.45, 7) is 4.40. The van der Waals surface area contributed by atoms with Crippen molar-refractivity contribution in [3.05, 3.63) is 69.7 Å². The molecule has 1 fully saturated rings. The van der Waals surface area contributed by atoms with E-state index >= 15 is 0 Å². The van der Waals surface area contributed by atoms with Crippen LogP contribution in [0, 0.1) is 0 Å². The smallest absolute Gasteiger partial charge is 0.303 e. The molecule has 0 saturated carbocycles. The van der Waals surface area contributed by atoms with Crippen LogP contribution in [0.15, 0.2) is 42.5 Å². The number of aldehydes is 1. The molecule has 0 spiro atoms. The Morgan fingerprint density at radius 1 is 0.821 bits per heavy atom. The molecular formula is C28H29ClO10. The zero-order chi connectivity index (χ0) is 28.7. The lowest BCUT2D eigenvalue weighted by Crippen LogP contribution is -2.59. The van der Waals surface area contributed by atoms with Gasteiger partial charge in [-0.1, -0.05) is 48.0 Å². The molecule has 2 aromatic carbocycles. The quantitative estimate of drug-likeness (QED) is 0.255. The first-order valence-corrected chi connectivity index (χ1v) is 12.5. The summed E-state index contributed by atoms with van der Waals surface area (Å²) in [4.78, 5) is 58.7. The van der Waals surface area contributed by atoms with E-state index in [0.29, 0.717) is 28.1 Å². The third-order valence-electron chi connectivity index (χ3n) is 5.90. The number of carbonyl (C=O) groups excluding carboxylic acids is 5. The summed E-state index contributed by atoms with van der Waals surface area (Å²) in [5.41, 5.74) is 2.66. The van der Waals surface area contributed by atoms with Crippen LogP contribution in [-0.4, -0.2) is 61.2 Å². The molecule has 10 nitrogen and oxygen atoms in total. The molecule has 0 unspecified atom stereocenters. The van der Waals surface area contributed by atoms with Gasteiger partial charge in [0.15, 0.2) is 18.3 Å². The second-order valence-corrected chi connectivity index (χ2v) is 9.41. The van der Waals surface area contributed by atoms with E-state index in [4.69, 9.17) is 35.3 Å². The van der Waals surface area contributed by atoms with Gasteiger partial charge >= 0.3 is 23.9 Å². The van der Waals surface area contributed by atoms with Crippen molar-refractivity contribution in [1.29, 1.82) is 0 Å². The average molecular weight is 561 g/mol. The van der Waals surface area contributed by atoms with E-state index in [1.54, 1.807) is 42.5 Å². The first kappa shape index (κ1) is 29.8. The molecule has 1 heterocycles. The average Bonchev–Trinajstić information content (AvgIpc) is 2.86. The summed E-state index contributed by atoms with van der Waals surface area (Å²) in [6, 6.07) is 12.1. The standard InChI is InChI=1S/C28H29ClO10/c1-15(31)35-14-24-26(36-16(2)32)28(38-18(4)34)27(37-17(3)33)25(39-24)21-9-10-23(29)22(12-21)11-19-5-7-20(13-30)8-6-19/h5-10,12-13,24-28H,11,14H2,1-4H3/t24-,25+,26-,27+,28+/m1/s1. The summed E-state index contributed by atoms with van der Waals surface area (Å²) < 4.78 is 27.9. The minimum Gasteiger partial charge on any atom is -0.463 e. The predicted molar refractivity (Wildman–Crippen MR) is 137 cm³/mol. The maximum absolute atomic E-state index is 12.1. The molecule has 1 aliphatic rings. The van der Waals surface area contributed by atoms with Crippen LogP contribution in [0.2, 0.25) is 5.02 Å². The molecule has 0 aromatic heterocycles. The van der Waals surface area contributed by atoms with Crippen molar-refractivity contribution in [2.45, 2.75) is 64.6 Å². The molecule has 2 aromatic rings. The van der Waals surface area contributed by atoms with Crippen LogP contribution < -0.4 is 0 Å². The van der Waals surface area contributed by atoms with Crippen molar-refractivity contribution in [3.8, 4) is 0 Å². The Morgan fingerprint density at radius 2 is 1.41 bits per heavy atom. The first-order valence-electron chi connectivity index (χ1n) is 12.1. The van der Waals surface area contributed by atoms with Crippen LogP contribution in [0.5, 0.6) is 0 Å². The monoisotopic (exact) mass is 560 g/mol. The van der Waals surface area contributed by atoms with E-state index in [0.717, 1.165) is 25.7 Å². The lowest BCUT2D eigenvalue weighted by Gasteiger charge is -2.44. The molecule has 5 atom stereocenters. The number of esters is 4. The molecule has 0 bridgehead atoms. The normalized spacial score (nSPS) is 22.3. The molecule has 0 aliphatic carbocycles. The summed E-state index contributed by atoms with van der Waals surface area (Å²) in [6.07, 6.45) is -4.64. The van der Waals surface area contributed by atoms with Crippen molar-refractivity contribution in [1.82, 2.24) is 0 Å². The van der Waals surface area contributed by atoms with Gasteiger partial charge in [0.05, 0.1) is 0 Å². The topological polar surface area (TPSA) is 132 Å². The van der Waals surface area contributed by atoms with Crippen molar-refractivity contribution in [2.24, 2.45) is 0 Å². The number of benzene rings is 2. The second kappa shape index (κ2) is 13.3. The molecule has 11 heteroatoms. The van der Waals surface area contributed by atoms with E-state index in [1.807, 2.05) is 0 Å². The number of hydrogen-bond donors (Lipinski definition) is 0. The Labute approximate surface area is 230 Å². The predicted octanol–water partition coefficient (Wildman–Crippen LogP) is 3.54. The van der Waals surface area contributed by atoms with Crippen LogP contribution >= 0.6 is 11.6 Å². The molecule has 208 valence electrons. The van der Waals surface area contributed by atoms with Crippen LogP contribution in [0.3, 0.4) is 0 Å². The largest absolute Gasteiger partial charge is 0.463 e. The van der Waals surface area contributed by atoms with Gasteiger partial charge in [0.25, 0.3) is 0 Å². The molecule has 1 saturated heterocycles. The van der Waals surface area contributed by atoms with E-state index in [1.165, 1.54) is 13.8 Å². The minimum atomic E-state index is -1.27. The third kappa shape index (κ3) is 8.11. The van der Waals surface area contributed by atoms with Crippen LogP contribution in [0.1, 0.15) is 60.8 Å². The van der Waals surface area contributed by atoms with E-state index in [9.17, 15) is 24.0 Å². The summed E-state index contributed by atoms with van der Waals surface area (Å²) in [7, 11) is 0. The molecule has 0 radical (unpaired) electrons. The van der Waals surface area contributed by atoms with Crippen molar-refractivity contribution in [3.63, 3.8) is 0 Å². The Bertz CT molecular complexity index is 1230. The van der Waals surface area contributed by atoms with E-state index in [-0.39, 0.29) is 6.61 Å². The number of rotatable bonds is 9. The van der Waals surface area contributed by atoms with Gasteiger partial charge in [-0.3, -0.25) is 24.0 Å². The zero-order valence-corrected chi connectivity index (χ0v) is 22.6. The Morgan fingerprint density at radius 3 is 1.97 bits per heavy atom. The number of ether oxygens (including phenoxy) is 5. The van der Waals surface area contributed by atoms with Crippen molar-refractivity contribution >= 4 is 41.8 Å². The highest BCUT2D eigenvalue weighted by molar-refractivity contribution is 6.31. The minimum absolute atomic E-state index is 0.322. The maximum Gasteiger partial charge on any atom is 0.303 e. The second-order valence-electron chi connectivity index (χ2n) is 9.01. The fourth-order valence-corrected chi connectivity index (χ4v) is 4.52. The van der Waals surface area contributed by atoms with Gasteiger partial charge in [-0.25, -0.2) is 0 Å². The Balaban J connectivity index is 2.05. The molecule has 3 rings (SSSR count). The Hall–Kier alpha value is -3.76. The first-order chi connectivity index (χ1) is 18.5. The molecule has 0 N–H and O–H groups in total. The van der Waals surface area contributed by atoms with E-state index < -0.39 is 54.4 Å². The fourth-order valence-electron chi connectivity index (χ4n) is 4.34. The molecule has 1 aliphatic heterocycles. The van der Waals surface area contributed by atoms with Gasteiger partial charge in [0.1, 0.15) is 25.1 Å². The Kier molecular flexibility index (Phi) is 10.2. The van der Waals surface area contributed by atoms with Gasteiger partial charge in [-0.05, 0) is 29.2 Å². The van der Waals surface area contributed by atoms with Crippen LogP contribution in [-0.2, 0) is 49.3 Å². The van der Waals surface area contributed by atoms with Crippen molar-refractivity contribution < 1.29 is 47.7 Å². The SMILES string of the molecule is CC(=O)OC[C@H]1O[C@@H](c2ccc(Cl)c(Cc3ccc(C=O)cc3)c2)[C@H](OC(C)=O)[C@@H](OC(C)=O)[C@@H]1OC(C)=O. The maximum atomic E-state index is 12.1. The van der Waals surface area contributed by atoms with Gasteiger partial charge in [-0.15, -0.1) is 0 Å². The number of hydrogen-bond acceptors (Lipinski definition) is 10. The summed E-state index contributed by atoms with van der Waals surface area (Å²) >= 11 is 6.49. The fraction of sp³-hybridized carbons (Fsp3) is 0.393. The molecular weight excluding hydrogens is 532 g/mol. The van der Waals surface area contributed by atoms with Gasteiger partial charge in [0, 0.05) is 38.3 Å². The van der Waals surface area contributed by atoms with E-state index in [2.05, 4.69) is 0 Å². The summed E-state index contributed by atoms with van der Waals surface area (Å²) in [5.74, 6) is -2.70. The van der Waals surface area contributed by atoms with Crippen molar-refractivity contribution in [2.75, 3.05) is 6.61 Å². The third-order valence-corrected chi connectivity index (χ3v) is 6.27. The zero-order valence-electron chi connectivity index (χ0n) is 21.9. The van der Waals surface area contributed by atoms with Crippen LogP contribution in [0.4, 0.5) is 0 Å². The van der Waals surface area contributed by atoms with Crippen LogP contribution in [0.25, 0.3) is 0 Å².